The van der Waals surface area contributed by atoms with Gasteiger partial charge in [-0.3, -0.25) is 0 Å². The highest BCUT2D eigenvalue weighted by Crippen LogP contribution is 2.23. The van der Waals surface area contributed by atoms with Gasteiger partial charge in [-0.2, -0.15) is 0 Å². The van der Waals surface area contributed by atoms with Crippen LogP contribution >= 0.6 is 11.6 Å². The average molecular weight is 209 g/mol. The van der Waals surface area contributed by atoms with E-state index >= 15 is 0 Å². The molecule has 1 nitrogen and oxygen atoms in total. The molecule has 1 aliphatic rings. The minimum atomic E-state index is 0.745. The second-order valence-corrected chi connectivity index (χ2v) is 3.91. The number of hydrogen-bond acceptors (Lipinski definition) is 1. The van der Waals surface area contributed by atoms with Crippen LogP contribution in [0.3, 0.4) is 0 Å². The standard InChI is InChI=1S/C12H13ClO/c13-10-6-8-12(9-7-10)14-11-4-2-1-3-5-11/h4,6-9H,1-3,5H2. The first-order chi connectivity index (χ1) is 6.84. The second-order valence-electron chi connectivity index (χ2n) is 3.47. The Labute approximate surface area is 89.3 Å². The van der Waals surface area contributed by atoms with E-state index in [1.807, 2.05) is 24.3 Å². The van der Waals surface area contributed by atoms with Gasteiger partial charge in [0.1, 0.15) is 11.5 Å². The van der Waals surface area contributed by atoms with E-state index in [2.05, 4.69) is 6.08 Å². The van der Waals surface area contributed by atoms with E-state index in [-0.39, 0.29) is 0 Å². The van der Waals surface area contributed by atoms with E-state index in [4.69, 9.17) is 16.3 Å². The van der Waals surface area contributed by atoms with Crippen LogP contribution in [0.5, 0.6) is 5.75 Å². The Balaban J connectivity index is 2.03. The van der Waals surface area contributed by atoms with E-state index in [9.17, 15) is 0 Å². The molecule has 1 aromatic rings. The Bertz CT molecular complexity index is 327. The Kier molecular flexibility index (Phi) is 3.10. The molecule has 0 saturated carbocycles. The first-order valence-corrected chi connectivity index (χ1v) is 5.35. The van der Waals surface area contributed by atoms with Gasteiger partial charge >= 0.3 is 0 Å². The number of rotatable bonds is 2. The van der Waals surface area contributed by atoms with Crippen LogP contribution < -0.4 is 4.74 Å². The highest BCUT2D eigenvalue weighted by atomic mass is 35.5. The van der Waals surface area contributed by atoms with Gasteiger partial charge in [0.05, 0.1) is 0 Å². The van der Waals surface area contributed by atoms with Gasteiger partial charge < -0.3 is 4.74 Å². The van der Waals surface area contributed by atoms with Crippen LogP contribution in [-0.4, -0.2) is 0 Å². The third-order valence-corrected chi connectivity index (χ3v) is 2.56. The fourth-order valence-electron chi connectivity index (χ4n) is 1.56. The molecule has 1 aliphatic carbocycles. The summed E-state index contributed by atoms with van der Waals surface area (Å²) >= 11 is 5.78. The van der Waals surface area contributed by atoms with E-state index < -0.39 is 0 Å². The Hall–Kier alpha value is -0.950. The van der Waals surface area contributed by atoms with Crippen molar-refractivity contribution in [2.75, 3.05) is 0 Å². The Morgan fingerprint density at radius 2 is 1.86 bits per heavy atom. The van der Waals surface area contributed by atoms with Gasteiger partial charge in [-0.25, -0.2) is 0 Å². The molecule has 0 spiro atoms. The van der Waals surface area contributed by atoms with Gasteiger partial charge in [0.25, 0.3) is 0 Å². The van der Waals surface area contributed by atoms with Gasteiger partial charge in [-0.15, -0.1) is 0 Å². The summed E-state index contributed by atoms with van der Waals surface area (Å²) in [5, 5.41) is 0.745. The molecule has 1 aromatic carbocycles. The minimum Gasteiger partial charge on any atom is -0.462 e. The van der Waals surface area contributed by atoms with Crippen LogP contribution in [0.25, 0.3) is 0 Å². The molecule has 0 N–H and O–H groups in total. The normalized spacial score (nSPS) is 16.2. The lowest BCUT2D eigenvalue weighted by Gasteiger charge is -2.13. The van der Waals surface area contributed by atoms with Crippen molar-refractivity contribution in [3.8, 4) is 5.75 Å². The smallest absolute Gasteiger partial charge is 0.127 e. The van der Waals surface area contributed by atoms with Crippen molar-refractivity contribution in [1.29, 1.82) is 0 Å². The zero-order valence-corrected chi connectivity index (χ0v) is 8.76. The predicted octanol–water partition coefficient (Wildman–Crippen LogP) is 4.18. The summed E-state index contributed by atoms with van der Waals surface area (Å²) in [5.41, 5.74) is 0. The van der Waals surface area contributed by atoms with Gasteiger partial charge in [0.15, 0.2) is 0 Å². The molecule has 0 radical (unpaired) electrons. The zero-order valence-electron chi connectivity index (χ0n) is 8.00. The van der Waals surface area contributed by atoms with E-state index in [0.717, 1.165) is 29.4 Å². The van der Waals surface area contributed by atoms with Crippen molar-refractivity contribution >= 4 is 11.6 Å². The van der Waals surface area contributed by atoms with Crippen LogP contribution in [-0.2, 0) is 0 Å². The van der Waals surface area contributed by atoms with Crippen LogP contribution in [0.2, 0.25) is 5.02 Å². The lowest BCUT2D eigenvalue weighted by molar-refractivity contribution is 0.384. The summed E-state index contributed by atoms with van der Waals surface area (Å²) in [6.45, 7) is 0. The van der Waals surface area contributed by atoms with Crippen molar-refractivity contribution in [3.63, 3.8) is 0 Å². The molecule has 74 valence electrons. The summed E-state index contributed by atoms with van der Waals surface area (Å²) in [6.07, 6.45) is 6.90. The lowest BCUT2D eigenvalue weighted by Crippen LogP contribution is -1.99. The first-order valence-electron chi connectivity index (χ1n) is 4.97. The van der Waals surface area contributed by atoms with Crippen LogP contribution in [0.15, 0.2) is 36.1 Å². The summed E-state index contributed by atoms with van der Waals surface area (Å²) in [5.74, 6) is 1.97. The number of allylic oxidation sites excluding steroid dienone is 2. The quantitative estimate of drug-likeness (QED) is 0.709. The van der Waals surface area contributed by atoms with Gasteiger partial charge in [-0.05, 0) is 49.6 Å². The number of ether oxygens (including phenoxy) is 1. The maximum atomic E-state index is 5.78. The van der Waals surface area contributed by atoms with Crippen molar-refractivity contribution < 1.29 is 4.74 Å². The average Bonchev–Trinajstić information content (AvgIpc) is 2.23. The van der Waals surface area contributed by atoms with Crippen LogP contribution in [0, 0.1) is 0 Å². The molecule has 0 fully saturated rings. The van der Waals surface area contributed by atoms with Crippen molar-refractivity contribution in [1.82, 2.24) is 0 Å². The molecule has 0 heterocycles. The largest absolute Gasteiger partial charge is 0.462 e. The molecular weight excluding hydrogens is 196 g/mol. The molecule has 14 heavy (non-hydrogen) atoms. The van der Waals surface area contributed by atoms with Gasteiger partial charge in [0.2, 0.25) is 0 Å². The molecule has 0 aliphatic heterocycles. The minimum absolute atomic E-state index is 0.745. The summed E-state index contributed by atoms with van der Waals surface area (Å²) in [7, 11) is 0. The van der Waals surface area contributed by atoms with Crippen molar-refractivity contribution in [2.45, 2.75) is 25.7 Å². The van der Waals surface area contributed by atoms with Gasteiger partial charge in [0, 0.05) is 11.4 Å². The third kappa shape index (κ3) is 2.52. The maximum Gasteiger partial charge on any atom is 0.127 e. The number of halogens is 1. The van der Waals surface area contributed by atoms with Gasteiger partial charge in [-0.1, -0.05) is 11.6 Å². The monoisotopic (exact) mass is 208 g/mol. The zero-order chi connectivity index (χ0) is 9.80. The van der Waals surface area contributed by atoms with E-state index in [1.54, 1.807) is 0 Å². The Morgan fingerprint density at radius 3 is 2.50 bits per heavy atom. The lowest BCUT2D eigenvalue weighted by atomic mass is 10.1. The molecule has 0 bridgehead atoms. The Morgan fingerprint density at radius 1 is 1.07 bits per heavy atom. The molecule has 0 atom stereocenters. The third-order valence-electron chi connectivity index (χ3n) is 2.31. The van der Waals surface area contributed by atoms with Crippen molar-refractivity contribution in [3.05, 3.63) is 41.1 Å². The highest BCUT2D eigenvalue weighted by Gasteiger charge is 2.05. The fraction of sp³-hybridized carbons (Fsp3) is 0.333. The SMILES string of the molecule is Clc1ccc(OC2=CCCCC2)cc1. The maximum absolute atomic E-state index is 5.78. The first kappa shape index (κ1) is 9.60. The summed E-state index contributed by atoms with van der Waals surface area (Å²) < 4.78 is 5.71. The number of benzene rings is 1. The molecular formula is C12H13ClO. The molecule has 0 aromatic heterocycles. The fourth-order valence-corrected chi connectivity index (χ4v) is 1.68. The topological polar surface area (TPSA) is 9.23 Å². The molecule has 0 amide bonds. The van der Waals surface area contributed by atoms with Crippen LogP contribution in [0.1, 0.15) is 25.7 Å². The molecule has 2 rings (SSSR count). The summed E-state index contributed by atoms with van der Waals surface area (Å²) in [4.78, 5) is 0. The van der Waals surface area contributed by atoms with E-state index in [1.165, 1.54) is 12.8 Å². The summed E-state index contributed by atoms with van der Waals surface area (Å²) in [6, 6.07) is 7.50. The highest BCUT2D eigenvalue weighted by molar-refractivity contribution is 6.30. The molecule has 0 saturated heterocycles. The predicted molar refractivity (Wildman–Crippen MR) is 58.6 cm³/mol. The van der Waals surface area contributed by atoms with E-state index in [0.29, 0.717) is 0 Å². The molecule has 0 unspecified atom stereocenters. The number of hydrogen-bond donors (Lipinski definition) is 0. The second kappa shape index (κ2) is 4.52. The molecule has 2 heteroatoms. The van der Waals surface area contributed by atoms with Crippen molar-refractivity contribution in [2.24, 2.45) is 0 Å². The van der Waals surface area contributed by atoms with Crippen LogP contribution in [0.4, 0.5) is 0 Å².